The highest BCUT2D eigenvalue weighted by Crippen LogP contribution is 2.27. The van der Waals surface area contributed by atoms with Crippen LogP contribution in [0.2, 0.25) is 0 Å². The van der Waals surface area contributed by atoms with Crippen molar-refractivity contribution in [3.63, 3.8) is 0 Å². The Morgan fingerprint density at radius 3 is 2.77 bits per heavy atom. The number of para-hydroxylation sites is 2. The number of aromatic amines is 1. The van der Waals surface area contributed by atoms with Crippen LogP contribution in [-0.2, 0) is 6.54 Å². The van der Waals surface area contributed by atoms with Crippen LogP contribution < -0.4 is 0 Å². The van der Waals surface area contributed by atoms with Crippen molar-refractivity contribution in [1.29, 1.82) is 5.26 Å². The number of aliphatic hydroxyl groups is 1. The first kappa shape index (κ1) is 19.4. The highest BCUT2D eigenvalue weighted by atomic mass is 32.2. The molecule has 0 saturated heterocycles. The molecule has 30 heavy (non-hydrogen) atoms. The molecule has 0 aliphatic heterocycles. The van der Waals surface area contributed by atoms with E-state index in [1.165, 1.54) is 11.8 Å². The summed E-state index contributed by atoms with van der Waals surface area (Å²) in [4.78, 5) is 11.5. The van der Waals surface area contributed by atoms with Crippen LogP contribution in [0.5, 0.6) is 0 Å². The van der Waals surface area contributed by atoms with Crippen LogP contribution in [0, 0.1) is 11.3 Å². The van der Waals surface area contributed by atoms with E-state index in [0.29, 0.717) is 23.4 Å². The molecule has 2 N–H and O–H groups in total. The van der Waals surface area contributed by atoms with Gasteiger partial charge in [0.1, 0.15) is 17.4 Å². The lowest BCUT2D eigenvalue weighted by molar-refractivity contribution is 0.420. The average molecular weight is 415 g/mol. The van der Waals surface area contributed by atoms with E-state index in [0.717, 1.165) is 16.6 Å². The van der Waals surface area contributed by atoms with Crippen molar-refractivity contribution >= 4 is 28.4 Å². The Labute approximate surface area is 176 Å². The maximum atomic E-state index is 10.6. The molecule has 0 unspecified atom stereocenters. The van der Waals surface area contributed by atoms with Gasteiger partial charge < -0.3 is 10.1 Å². The number of allylic oxidation sites excluding steroid dienone is 2. The number of pyridine rings is 1. The van der Waals surface area contributed by atoms with E-state index in [1.807, 2.05) is 47.0 Å². The van der Waals surface area contributed by atoms with Crippen LogP contribution >= 0.6 is 11.8 Å². The molecule has 0 amide bonds. The predicted octanol–water partition coefficient (Wildman–Crippen LogP) is 3.99. The summed E-state index contributed by atoms with van der Waals surface area (Å²) >= 11 is 1.28. The number of hydrogen-bond acceptors (Lipinski definition) is 7. The highest BCUT2D eigenvalue weighted by molar-refractivity contribution is 7.99. The van der Waals surface area contributed by atoms with Crippen molar-refractivity contribution in [2.75, 3.05) is 5.75 Å². The molecule has 3 heterocycles. The van der Waals surface area contributed by atoms with Gasteiger partial charge in [0, 0.05) is 24.5 Å². The molecule has 0 spiro atoms. The van der Waals surface area contributed by atoms with E-state index >= 15 is 0 Å². The zero-order chi connectivity index (χ0) is 20.9. The minimum Gasteiger partial charge on any atom is -0.510 e. The minimum absolute atomic E-state index is 0.0832. The zero-order valence-corrected chi connectivity index (χ0v) is 16.7. The summed E-state index contributed by atoms with van der Waals surface area (Å²) in [5.74, 6) is 1.08. The number of benzene rings is 1. The summed E-state index contributed by atoms with van der Waals surface area (Å²) in [6, 6.07) is 13.2. The molecule has 0 saturated carbocycles. The summed E-state index contributed by atoms with van der Waals surface area (Å²) in [7, 11) is 0. The largest absolute Gasteiger partial charge is 0.510 e. The van der Waals surface area contributed by atoms with Crippen LogP contribution in [0.15, 0.2) is 72.4 Å². The highest BCUT2D eigenvalue weighted by Gasteiger charge is 2.17. The lowest BCUT2D eigenvalue weighted by Crippen LogP contribution is -2.02. The standard InChI is InChI=1S/C21H17N7OS/c1-2-11-28-20(14-7-9-23-10-8-14)26-27-21(28)30-13-18(29)15(12-22)19-24-16-5-3-4-6-17(16)25-19/h2-10,29H,1,11,13H2,(H,24,25)/b18-15-. The van der Waals surface area contributed by atoms with Crippen molar-refractivity contribution in [3.05, 3.63) is 73.0 Å². The molecule has 0 radical (unpaired) electrons. The molecule has 4 rings (SSSR count). The third-order valence-corrected chi connectivity index (χ3v) is 5.31. The van der Waals surface area contributed by atoms with Gasteiger partial charge in [-0.15, -0.1) is 16.8 Å². The Morgan fingerprint density at radius 2 is 2.03 bits per heavy atom. The summed E-state index contributed by atoms with van der Waals surface area (Å²) in [5.41, 5.74) is 2.51. The molecule has 148 valence electrons. The molecule has 0 atom stereocenters. The number of thioether (sulfide) groups is 1. The van der Waals surface area contributed by atoms with Crippen molar-refractivity contribution in [2.24, 2.45) is 0 Å². The molecule has 0 aliphatic rings. The number of hydrogen-bond donors (Lipinski definition) is 2. The Morgan fingerprint density at radius 1 is 1.23 bits per heavy atom. The number of aliphatic hydroxyl groups excluding tert-OH is 1. The minimum atomic E-state index is -0.0832. The summed E-state index contributed by atoms with van der Waals surface area (Å²) in [6.07, 6.45) is 5.13. The maximum absolute atomic E-state index is 10.6. The Bertz CT molecular complexity index is 1230. The number of nitrogens with zero attached hydrogens (tertiary/aromatic N) is 6. The lowest BCUT2D eigenvalue weighted by atomic mass is 10.2. The maximum Gasteiger partial charge on any atom is 0.192 e. The number of nitriles is 1. The fourth-order valence-corrected chi connectivity index (χ4v) is 3.76. The van der Waals surface area contributed by atoms with E-state index in [2.05, 4.69) is 31.7 Å². The molecule has 1 aromatic carbocycles. The quantitative estimate of drug-likeness (QED) is 0.203. The van der Waals surface area contributed by atoms with E-state index in [-0.39, 0.29) is 17.1 Å². The van der Waals surface area contributed by atoms with E-state index in [1.54, 1.807) is 18.5 Å². The average Bonchev–Trinajstić information content (AvgIpc) is 3.38. The van der Waals surface area contributed by atoms with Gasteiger partial charge >= 0.3 is 0 Å². The molecule has 4 aromatic rings. The van der Waals surface area contributed by atoms with Crippen molar-refractivity contribution in [1.82, 2.24) is 29.7 Å². The number of imidazole rings is 1. The Hall–Kier alpha value is -3.90. The van der Waals surface area contributed by atoms with Gasteiger partial charge in [-0.3, -0.25) is 9.55 Å². The van der Waals surface area contributed by atoms with Crippen LogP contribution in [-0.4, -0.2) is 40.6 Å². The van der Waals surface area contributed by atoms with Crippen LogP contribution in [0.4, 0.5) is 0 Å². The number of aromatic nitrogens is 6. The second-order valence-electron chi connectivity index (χ2n) is 6.27. The monoisotopic (exact) mass is 415 g/mol. The SMILES string of the molecule is C=CCn1c(SC/C(O)=C(\C#N)c2nc3ccccc3[nH]2)nnc1-c1ccncc1. The number of rotatable bonds is 7. The van der Waals surface area contributed by atoms with Gasteiger partial charge in [-0.05, 0) is 24.3 Å². The van der Waals surface area contributed by atoms with E-state index in [9.17, 15) is 10.4 Å². The molecule has 0 aliphatic carbocycles. The normalized spacial score (nSPS) is 11.8. The molecule has 3 aromatic heterocycles. The van der Waals surface area contributed by atoms with Gasteiger partial charge in [-0.25, -0.2) is 4.98 Å². The summed E-state index contributed by atoms with van der Waals surface area (Å²) < 4.78 is 1.90. The fraction of sp³-hybridized carbons (Fsp3) is 0.0952. The van der Waals surface area contributed by atoms with Gasteiger partial charge in [0.2, 0.25) is 0 Å². The third-order valence-electron chi connectivity index (χ3n) is 4.33. The zero-order valence-electron chi connectivity index (χ0n) is 15.9. The smallest absolute Gasteiger partial charge is 0.192 e. The summed E-state index contributed by atoms with van der Waals surface area (Å²) in [5, 5.41) is 29.3. The first-order chi connectivity index (χ1) is 14.7. The number of H-pyrrole nitrogens is 1. The molecule has 8 nitrogen and oxygen atoms in total. The van der Waals surface area contributed by atoms with Crippen molar-refractivity contribution in [3.8, 4) is 17.5 Å². The van der Waals surface area contributed by atoms with Crippen LogP contribution in [0.3, 0.4) is 0 Å². The van der Waals surface area contributed by atoms with Crippen LogP contribution in [0.1, 0.15) is 5.82 Å². The lowest BCUT2D eigenvalue weighted by Gasteiger charge is -2.08. The van der Waals surface area contributed by atoms with Gasteiger partial charge in [0.05, 0.1) is 16.8 Å². The number of fused-ring (bicyclic) bond motifs is 1. The van der Waals surface area contributed by atoms with E-state index in [4.69, 9.17) is 0 Å². The predicted molar refractivity (Wildman–Crippen MR) is 115 cm³/mol. The van der Waals surface area contributed by atoms with Crippen molar-refractivity contribution in [2.45, 2.75) is 11.7 Å². The molecule has 9 heteroatoms. The molecular weight excluding hydrogens is 398 g/mol. The second kappa shape index (κ2) is 8.63. The second-order valence-corrected chi connectivity index (χ2v) is 7.21. The van der Waals surface area contributed by atoms with Gasteiger partial charge in [-0.1, -0.05) is 30.0 Å². The molecule has 0 fully saturated rings. The first-order valence-electron chi connectivity index (χ1n) is 9.06. The first-order valence-corrected chi connectivity index (χ1v) is 10.0. The third kappa shape index (κ3) is 3.81. The molecular formula is C21H17N7OS. The van der Waals surface area contributed by atoms with Gasteiger partial charge in [0.15, 0.2) is 16.8 Å². The van der Waals surface area contributed by atoms with Crippen molar-refractivity contribution < 1.29 is 5.11 Å². The topological polar surface area (TPSA) is 116 Å². The van der Waals surface area contributed by atoms with Gasteiger partial charge in [0.25, 0.3) is 0 Å². The van der Waals surface area contributed by atoms with Crippen LogP contribution in [0.25, 0.3) is 28.0 Å². The number of nitrogens with one attached hydrogen (secondary N) is 1. The van der Waals surface area contributed by atoms with E-state index < -0.39 is 0 Å². The molecule has 0 bridgehead atoms. The summed E-state index contributed by atoms with van der Waals surface area (Å²) in [6.45, 7) is 4.30. The Kier molecular flexibility index (Phi) is 5.59. The Balaban J connectivity index is 1.61. The van der Waals surface area contributed by atoms with Gasteiger partial charge in [-0.2, -0.15) is 5.26 Å². The fourth-order valence-electron chi connectivity index (χ4n) is 2.93.